The Hall–Kier alpha value is -0.340. The lowest BCUT2D eigenvalue weighted by Gasteiger charge is -2.59. The van der Waals surface area contributed by atoms with Crippen LogP contribution in [0.15, 0.2) is 11.1 Å². The van der Waals surface area contributed by atoms with Gasteiger partial charge in [-0.05, 0) is 84.9 Å². The van der Waals surface area contributed by atoms with Crippen molar-refractivity contribution in [1.82, 2.24) is 0 Å². The van der Waals surface area contributed by atoms with Crippen molar-refractivity contribution in [2.24, 2.45) is 39.9 Å². The first-order valence-corrected chi connectivity index (χ1v) is 13.0. The predicted octanol–water partition coefficient (Wildman–Crippen LogP) is 7.14. The molecule has 3 aliphatic carbocycles. The molecule has 3 rings (SSSR count). The summed E-state index contributed by atoms with van der Waals surface area (Å²) in [7, 11) is 0. The molecule has 0 bridgehead atoms. The second-order valence-electron chi connectivity index (χ2n) is 12.9. The normalized spacial score (nSPS) is 38.2. The molecule has 30 heavy (non-hydrogen) atoms. The van der Waals surface area contributed by atoms with Crippen LogP contribution in [0.1, 0.15) is 113 Å². The average Bonchev–Trinajstić information content (AvgIpc) is 2.65. The van der Waals surface area contributed by atoms with Crippen LogP contribution in [0.5, 0.6) is 0 Å². The third kappa shape index (κ3) is 4.29. The SMILES string of the molecule is CC(C)CCCC(C)C(CO)C1(C)CCC2=C(CCC3C2(C)CCC(O)C3(C)C)C1. The van der Waals surface area contributed by atoms with Gasteiger partial charge in [0.15, 0.2) is 0 Å². The number of allylic oxidation sites excluding steroid dienone is 2. The van der Waals surface area contributed by atoms with Gasteiger partial charge >= 0.3 is 0 Å². The number of hydrogen-bond donors (Lipinski definition) is 2. The topological polar surface area (TPSA) is 40.5 Å². The highest BCUT2D eigenvalue weighted by Gasteiger charge is 2.55. The lowest BCUT2D eigenvalue weighted by molar-refractivity contribution is -0.0925. The minimum Gasteiger partial charge on any atom is -0.396 e. The van der Waals surface area contributed by atoms with E-state index in [4.69, 9.17) is 0 Å². The van der Waals surface area contributed by atoms with Crippen molar-refractivity contribution < 1.29 is 10.2 Å². The van der Waals surface area contributed by atoms with Crippen molar-refractivity contribution in [1.29, 1.82) is 0 Å². The first kappa shape index (κ1) is 24.3. The fraction of sp³-hybridized carbons (Fsp3) is 0.929. The van der Waals surface area contributed by atoms with Gasteiger partial charge in [-0.25, -0.2) is 0 Å². The Morgan fingerprint density at radius 2 is 1.67 bits per heavy atom. The Bertz CT molecular complexity index is 633. The van der Waals surface area contributed by atoms with Crippen molar-refractivity contribution in [3.63, 3.8) is 0 Å². The number of hydrogen-bond acceptors (Lipinski definition) is 2. The van der Waals surface area contributed by atoms with Crippen molar-refractivity contribution in [3.8, 4) is 0 Å². The second-order valence-corrected chi connectivity index (χ2v) is 12.9. The zero-order valence-electron chi connectivity index (χ0n) is 21.1. The van der Waals surface area contributed by atoms with E-state index in [2.05, 4.69) is 48.5 Å². The number of fused-ring (bicyclic) bond motifs is 2. The summed E-state index contributed by atoms with van der Waals surface area (Å²) < 4.78 is 0. The maximum Gasteiger partial charge on any atom is 0.0594 e. The minimum absolute atomic E-state index is 0.0187. The van der Waals surface area contributed by atoms with Crippen LogP contribution in [-0.2, 0) is 0 Å². The third-order valence-corrected chi connectivity index (χ3v) is 10.1. The van der Waals surface area contributed by atoms with E-state index in [-0.39, 0.29) is 22.3 Å². The Morgan fingerprint density at radius 3 is 2.30 bits per heavy atom. The third-order valence-electron chi connectivity index (χ3n) is 10.1. The molecule has 0 aromatic heterocycles. The van der Waals surface area contributed by atoms with Gasteiger partial charge in [0.25, 0.3) is 0 Å². The van der Waals surface area contributed by atoms with Gasteiger partial charge in [0.2, 0.25) is 0 Å². The van der Waals surface area contributed by atoms with Crippen LogP contribution < -0.4 is 0 Å². The van der Waals surface area contributed by atoms with Gasteiger partial charge in [0.1, 0.15) is 0 Å². The fourth-order valence-corrected chi connectivity index (χ4v) is 8.06. The van der Waals surface area contributed by atoms with E-state index in [1.165, 1.54) is 51.4 Å². The summed E-state index contributed by atoms with van der Waals surface area (Å²) in [6.07, 6.45) is 11.8. The van der Waals surface area contributed by atoms with Gasteiger partial charge in [-0.3, -0.25) is 0 Å². The zero-order valence-corrected chi connectivity index (χ0v) is 21.1. The van der Waals surface area contributed by atoms with Crippen LogP contribution in [0.25, 0.3) is 0 Å². The van der Waals surface area contributed by atoms with Gasteiger partial charge < -0.3 is 10.2 Å². The smallest absolute Gasteiger partial charge is 0.0594 e. The highest BCUT2D eigenvalue weighted by atomic mass is 16.3. The summed E-state index contributed by atoms with van der Waals surface area (Å²) in [6.45, 7) is 16.9. The number of aliphatic hydroxyl groups excluding tert-OH is 2. The van der Waals surface area contributed by atoms with E-state index in [0.717, 1.165) is 18.8 Å². The Balaban J connectivity index is 1.78. The van der Waals surface area contributed by atoms with E-state index in [9.17, 15) is 10.2 Å². The van der Waals surface area contributed by atoms with Crippen molar-refractivity contribution in [3.05, 3.63) is 11.1 Å². The zero-order chi connectivity index (χ0) is 22.3. The first-order valence-electron chi connectivity index (χ1n) is 13.0. The Labute approximate surface area is 186 Å². The Morgan fingerprint density at radius 1 is 0.967 bits per heavy atom. The molecule has 0 amide bonds. The fourth-order valence-electron chi connectivity index (χ4n) is 8.06. The first-order chi connectivity index (χ1) is 14.0. The number of rotatable bonds is 7. The second kappa shape index (κ2) is 8.89. The van der Waals surface area contributed by atoms with Gasteiger partial charge in [0.05, 0.1) is 6.10 Å². The molecular formula is C28H50O2. The van der Waals surface area contributed by atoms with E-state index < -0.39 is 0 Å². The van der Waals surface area contributed by atoms with Gasteiger partial charge in [0, 0.05) is 6.61 Å². The van der Waals surface area contributed by atoms with Crippen LogP contribution in [-0.4, -0.2) is 22.9 Å². The summed E-state index contributed by atoms with van der Waals surface area (Å²) in [5, 5.41) is 21.1. The Kier molecular flexibility index (Phi) is 7.20. The molecule has 1 saturated carbocycles. The molecule has 1 fully saturated rings. The van der Waals surface area contributed by atoms with Crippen molar-refractivity contribution >= 4 is 0 Å². The summed E-state index contributed by atoms with van der Waals surface area (Å²) in [5.41, 5.74) is 4.00. The highest BCUT2D eigenvalue weighted by molar-refractivity contribution is 5.32. The lowest BCUT2D eigenvalue weighted by Crippen LogP contribution is -2.53. The van der Waals surface area contributed by atoms with Gasteiger partial charge in [-0.2, -0.15) is 0 Å². The molecule has 0 aromatic carbocycles. The molecule has 6 atom stereocenters. The molecule has 3 aliphatic rings. The summed E-state index contributed by atoms with van der Waals surface area (Å²) >= 11 is 0. The molecule has 0 heterocycles. The number of aliphatic hydroxyl groups is 2. The van der Waals surface area contributed by atoms with E-state index in [1.807, 2.05) is 0 Å². The molecule has 2 heteroatoms. The van der Waals surface area contributed by atoms with Crippen LogP contribution in [0.2, 0.25) is 0 Å². The largest absolute Gasteiger partial charge is 0.396 e. The minimum atomic E-state index is -0.156. The molecule has 2 N–H and O–H groups in total. The molecule has 0 aromatic rings. The van der Waals surface area contributed by atoms with Crippen LogP contribution >= 0.6 is 0 Å². The van der Waals surface area contributed by atoms with Crippen molar-refractivity contribution in [2.45, 2.75) is 119 Å². The summed E-state index contributed by atoms with van der Waals surface area (Å²) in [6, 6.07) is 0. The van der Waals surface area contributed by atoms with Gasteiger partial charge in [-0.15, -0.1) is 0 Å². The molecule has 0 aliphatic heterocycles. The maximum absolute atomic E-state index is 10.7. The monoisotopic (exact) mass is 418 g/mol. The van der Waals surface area contributed by atoms with E-state index >= 15 is 0 Å². The standard InChI is InChI=1S/C28H50O2/c1-19(2)9-8-10-20(3)23(18-29)27(6)15-13-22-21(17-27)11-12-24-26(4,5)25(30)14-16-28(22,24)7/h19-20,23-25,29-30H,8-18H2,1-7H3. The molecule has 2 nitrogen and oxygen atoms in total. The maximum atomic E-state index is 10.7. The summed E-state index contributed by atoms with van der Waals surface area (Å²) in [5.74, 6) is 2.38. The van der Waals surface area contributed by atoms with Crippen LogP contribution in [0, 0.1) is 39.9 Å². The summed E-state index contributed by atoms with van der Waals surface area (Å²) in [4.78, 5) is 0. The molecular weight excluding hydrogens is 368 g/mol. The van der Waals surface area contributed by atoms with Crippen LogP contribution in [0.4, 0.5) is 0 Å². The van der Waals surface area contributed by atoms with E-state index in [0.29, 0.717) is 24.4 Å². The lowest BCUT2D eigenvalue weighted by atomic mass is 9.46. The van der Waals surface area contributed by atoms with Crippen molar-refractivity contribution in [2.75, 3.05) is 6.61 Å². The molecule has 0 radical (unpaired) electrons. The predicted molar refractivity (Wildman–Crippen MR) is 127 cm³/mol. The van der Waals surface area contributed by atoms with Crippen LogP contribution in [0.3, 0.4) is 0 Å². The quantitative estimate of drug-likeness (QED) is 0.431. The average molecular weight is 419 g/mol. The molecule has 6 unspecified atom stereocenters. The van der Waals surface area contributed by atoms with E-state index in [1.54, 1.807) is 11.1 Å². The van der Waals surface area contributed by atoms with Gasteiger partial charge in [-0.1, -0.05) is 78.9 Å². The molecule has 0 saturated heterocycles. The highest BCUT2D eigenvalue weighted by Crippen LogP contribution is 2.63. The molecule has 0 spiro atoms. The molecule has 174 valence electrons.